The minimum Gasteiger partial charge on any atom is -0.384 e. The first-order chi connectivity index (χ1) is 12.5. The van der Waals surface area contributed by atoms with E-state index < -0.39 is 11.9 Å². The smallest absolute Gasteiger partial charge is 0.384 e. The molecule has 0 aliphatic heterocycles. The highest BCUT2D eigenvalue weighted by Crippen LogP contribution is 2.35. The quantitative estimate of drug-likeness (QED) is 0.464. The van der Waals surface area contributed by atoms with Crippen LogP contribution in [-0.4, -0.2) is 20.7 Å². The fraction of sp³-hybridized carbons (Fsp3) is 0.389. The Labute approximate surface area is 163 Å². The number of rotatable bonds is 4. The molecule has 0 aromatic carbocycles. The lowest BCUT2D eigenvalue weighted by molar-refractivity contribution is -0.141. The Morgan fingerprint density at radius 1 is 1.15 bits per heavy atom. The van der Waals surface area contributed by atoms with Crippen molar-refractivity contribution in [2.45, 2.75) is 43.9 Å². The number of thiophene rings is 1. The molecular weight excluding hydrogens is 393 g/mol. The number of hydrogen-bond donors (Lipinski definition) is 1. The summed E-state index contributed by atoms with van der Waals surface area (Å²) in [5, 5.41) is 3.36. The molecule has 0 amide bonds. The summed E-state index contributed by atoms with van der Waals surface area (Å²) >= 11 is 2.80. The molecule has 0 aliphatic carbocycles. The number of fused-ring (bicyclic) bond motifs is 1. The van der Waals surface area contributed by atoms with Gasteiger partial charge in [-0.15, -0.1) is 11.3 Å². The van der Waals surface area contributed by atoms with Gasteiger partial charge in [0.05, 0.1) is 4.70 Å². The predicted octanol–water partition coefficient (Wildman–Crippen LogP) is 5.32. The predicted molar refractivity (Wildman–Crippen MR) is 104 cm³/mol. The summed E-state index contributed by atoms with van der Waals surface area (Å²) in [5.41, 5.74) is 6.64. The fourth-order valence-corrected chi connectivity index (χ4v) is 4.56. The molecule has 0 radical (unpaired) electrons. The van der Waals surface area contributed by atoms with Crippen molar-refractivity contribution in [2.75, 3.05) is 11.5 Å². The van der Waals surface area contributed by atoms with Gasteiger partial charge in [-0.2, -0.15) is 13.2 Å². The zero-order chi connectivity index (χ0) is 19.8. The number of thioether (sulfide) groups is 1. The summed E-state index contributed by atoms with van der Waals surface area (Å²) in [6, 6.07) is 2.80. The summed E-state index contributed by atoms with van der Waals surface area (Å²) < 4.78 is 39.6. The molecule has 0 atom stereocenters. The van der Waals surface area contributed by atoms with Gasteiger partial charge in [0.2, 0.25) is 0 Å². The number of nitrogens with zero attached hydrogens (tertiary/aromatic N) is 3. The SMILES string of the molecule is CC(C)(C)c1csc2cnc(CCSc3nc(N)cc(C(F)(F)F)n3)cc12. The van der Waals surface area contributed by atoms with Crippen LogP contribution < -0.4 is 5.73 Å². The molecule has 27 heavy (non-hydrogen) atoms. The maximum Gasteiger partial charge on any atom is 0.433 e. The number of hydrogen-bond acceptors (Lipinski definition) is 6. The average Bonchev–Trinajstić information content (AvgIpc) is 2.97. The Bertz CT molecular complexity index is 961. The van der Waals surface area contributed by atoms with Crippen LogP contribution in [0, 0.1) is 0 Å². The highest BCUT2D eigenvalue weighted by molar-refractivity contribution is 7.99. The summed E-state index contributed by atoms with van der Waals surface area (Å²) in [5.74, 6) is 0.321. The normalized spacial score (nSPS) is 12.7. The van der Waals surface area contributed by atoms with E-state index in [-0.39, 0.29) is 16.4 Å². The van der Waals surface area contributed by atoms with Crippen LogP contribution >= 0.6 is 23.1 Å². The first-order valence-electron chi connectivity index (χ1n) is 8.25. The molecule has 3 aromatic rings. The van der Waals surface area contributed by atoms with E-state index in [9.17, 15) is 13.2 Å². The summed E-state index contributed by atoms with van der Waals surface area (Å²) in [6.45, 7) is 6.50. The lowest BCUT2D eigenvalue weighted by atomic mass is 9.87. The van der Waals surface area contributed by atoms with Crippen molar-refractivity contribution in [2.24, 2.45) is 0 Å². The van der Waals surface area contributed by atoms with Crippen LogP contribution in [0.1, 0.15) is 37.7 Å². The molecule has 0 bridgehead atoms. The summed E-state index contributed by atoms with van der Waals surface area (Å²) in [4.78, 5) is 11.9. The van der Waals surface area contributed by atoms with Crippen LogP contribution in [-0.2, 0) is 18.0 Å². The Morgan fingerprint density at radius 2 is 1.89 bits per heavy atom. The van der Waals surface area contributed by atoms with Gasteiger partial charge in [0.25, 0.3) is 0 Å². The number of anilines is 1. The van der Waals surface area contributed by atoms with E-state index in [0.717, 1.165) is 28.2 Å². The lowest BCUT2D eigenvalue weighted by Gasteiger charge is -2.17. The number of aromatic nitrogens is 3. The molecule has 2 N–H and O–H groups in total. The maximum absolute atomic E-state index is 12.8. The van der Waals surface area contributed by atoms with Crippen molar-refractivity contribution < 1.29 is 13.2 Å². The van der Waals surface area contributed by atoms with Crippen molar-refractivity contribution in [1.29, 1.82) is 0 Å². The van der Waals surface area contributed by atoms with Crippen molar-refractivity contribution in [3.05, 3.63) is 40.7 Å². The van der Waals surface area contributed by atoms with Crippen LogP contribution in [0.4, 0.5) is 19.0 Å². The second kappa shape index (κ2) is 7.27. The summed E-state index contributed by atoms with van der Waals surface area (Å²) in [6.07, 6.45) is -2.09. The van der Waals surface area contributed by atoms with E-state index in [1.165, 1.54) is 10.9 Å². The number of nitrogen functional groups attached to an aromatic ring is 1. The Kier molecular flexibility index (Phi) is 5.36. The van der Waals surface area contributed by atoms with Crippen molar-refractivity contribution >= 4 is 39.0 Å². The van der Waals surface area contributed by atoms with Gasteiger partial charge < -0.3 is 5.73 Å². The number of nitrogens with two attached hydrogens (primary N) is 1. The number of halogens is 3. The minimum atomic E-state index is -4.54. The van der Waals surface area contributed by atoms with Gasteiger partial charge in [-0.05, 0) is 34.2 Å². The average molecular weight is 413 g/mol. The Morgan fingerprint density at radius 3 is 2.56 bits per heavy atom. The van der Waals surface area contributed by atoms with Crippen LogP contribution in [0.25, 0.3) is 10.1 Å². The lowest BCUT2D eigenvalue weighted by Crippen LogP contribution is -2.11. The van der Waals surface area contributed by atoms with Crippen LogP contribution in [0.5, 0.6) is 0 Å². The molecule has 4 nitrogen and oxygen atoms in total. The molecule has 0 fully saturated rings. The second-order valence-corrected chi connectivity index (χ2v) is 9.10. The van der Waals surface area contributed by atoms with Gasteiger partial charge in [0.15, 0.2) is 10.9 Å². The third kappa shape index (κ3) is 4.70. The fourth-order valence-electron chi connectivity index (χ4n) is 2.59. The largest absolute Gasteiger partial charge is 0.433 e. The highest BCUT2D eigenvalue weighted by atomic mass is 32.2. The molecular formula is C18H19F3N4S2. The molecule has 144 valence electrons. The van der Waals surface area contributed by atoms with Gasteiger partial charge in [0, 0.05) is 23.7 Å². The van der Waals surface area contributed by atoms with E-state index in [2.05, 4.69) is 47.2 Å². The number of aryl methyl sites for hydroxylation is 1. The molecule has 0 spiro atoms. The van der Waals surface area contributed by atoms with Crippen molar-refractivity contribution in [3.8, 4) is 0 Å². The molecule has 3 rings (SSSR count). The van der Waals surface area contributed by atoms with Crippen LogP contribution in [0.3, 0.4) is 0 Å². The van der Waals surface area contributed by atoms with E-state index in [1.54, 1.807) is 11.3 Å². The number of alkyl halides is 3. The van der Waals surface area contributed by atoms with E-state index in [1.807, 2.05) is 6.20 Å². The zero-order valence-electron chi connectivity index (χ0n) is 15.1. The van der Waals surface area contributed by atoms with Gasteiger partial charge in [0.1, 0.15) is 5.82 Å². The Balaban J connectivity index is 1.73. The zero-order valence-corrected chi connectivity index (χ0v) is 16.7. The van der Waals surface area contributed by atoms with Gasteiger partial charge in [-0.1, -0.05) is 32.5 Å². The van der Waals surface area contributed by atoms with E-state index in [0.29, 0.717) is 12.2 Å². The molecule has 0 saturated heterocycles. The molecule has 0 aliphatic rings. The standard InChI is InChI=1S/C18H19F3N4S2/c1-17(2,3)12-9-27-13-8-23-10(6-11(12)13)4-5-26-16-24-14(18(19,20)21)7-15(22)25-16/h6-9H,4-5H2,1-3H3,(H2,22,24,25). The number of pyridine rings is 1. The van der Waals surface area contributed by atoms with Crippen molar-refractivity contribution in [3.63, 3.8) is 0 Å². The van der Waals surface area contributed by atoms with Crippen molar-refractivity contribution in [1.82, 2.24) is 15.0 Å². The van der Waals surface area contributed by atoms with Gasteiger partial charge in [-0.3, -0.25) is 4.98 Å². The van der Waals surface area contributed by atoms with Crippen LogP contribution in [0.2, 0.25) is 0 Å². The van der Waals surface area contributed by atoms with E-state index in [4.69, 9.17) is 5.73 Å². The first kappa shape index (κ1) is 19.9. The second-order valence-electron chi connectivity index (χ2n) is 7.13. The Hall–Kier alpha value is -1.87. The third-order valence-corrected chi connectivity index (χ3v) is 5.71. The van der Waals surface area contributed by atoms with Gasteiger partial charge >= 0.3 is 6.18 Å². The monoisotopic (exact) mass is 412 g/mol. The maximum atomic E-state index is 12.8. The molecule has 3 heterocycles. The third-order valence-electron chi connectivity index (χ3n) is 3.93. The topological polar surface area (TPSA) is 64.7 Å². The van der Waals surface area contributed by atoms with E-state index >= 15 is 0 Å². The molecule has 0 unspecified atom stereocenters. The van der Waals surface area contributed by atoms with Crippen LogP contribution in [0.15, 0.2) is 28.9 Å². The minimum absolute atomic E-state index is 0.0225. The first-order valence-corrected chi connectivity index (χ1v) is 10.1. The molecule has 3 aromatic heterocycles. The summed E-state index contributed by atoms with van der Waals surface area (Å²) in [7, 11) is 0. The highest BCUT2D eigenvalue weighted by Gasteiger charge is 2.33. The molecule has 9 heteroatoms. The van der Waals surface area contributed by atoms with Gasteiger partial charge in [-0.25, -0.2) is 9.97 Å². The molecule has 0 saturated carbocycles.